The van der Waals surface area contributed by atoms with Gasteiger partial charge in [0.2, 0.25) is 0 Å². The van der Waals surface area contributed by atoms with Crippen LogP contribution in [0, 0.1) is 12.7 Å². The van der Waals surface area contributed by atoms with Crippen LogP contribution in [0.3, 0.4) is 0 Å². The first-order valence-electron chi connectivity index (χ1n) is 9.25. The molecule has 2 aliphatic rings. The Morgan fingerprint density at radius 2 is 2.00 bits per heavy atom. The standard InChI is InChI=1S/C20H26FN3O/c1-3-24-14(2)15(12-22-24)13-23-18-7-8-19(23)11-20(25,10-18)16-5-4-6-17(21)9-16/h4-6,9,12,18-19,25H,3,7-8,10-11,13H2,1-2H3. The molecule has 25 heavy (non-hydrogen) atoms. The molecule has 2 unspecified atom stereocenters. The summed E-state index contributed by atoms with van der Waals surface area (Å²) in [5.41, 5.74) is 2.31. The molecule has 2 aliphatic heterocycles. The Morgan fingerprint density at radius 3 is 2.60 bits per heavy atom. The number of benzene rings is 1. The number of nitrogens with zero attached hydrogens (tertiary/aromatic N) is 3. The average Bonchev–Trinajstić information content (AvgIpc) is 3.06. The minimum Gasteiger partial charge on any atom is -0.385 e. The Hall–Kier alpha value is -1.72. The number of halogens is 1. The van der Waals surface area contributed by atoms with Gasteiger partial charge in [0.05, 0.1) is 11.8 Å². The lowest BCUT2D eigenvalue weighted by Gasteiger charge is -2.44. The topological polar surface area (TPSA) is 41.3 Å². The molecule has 0 amide bonds. The molecule has 4 rings (SSSR count). The molecule has 2 bridgehead atoms. The summed E-state index contributed by atoms with van der Waals surface area (Å²) >= 11 is 0. The molecule has 0 saturated carbocycles. The number of aryl methyl sites for hydroxylation is 1. The van der Waals surface area contributed by atoms with Crippen LogP contribution in [0.15, 0.2) is 30.5 Å². The van der Waals surface area contributed by atoms with Crippen molar-refractivity contribution in [2.45, 2.75) is 70.3 Å². The van der Waals surface area contributed by atoms with Crippen LogP contribution in [0.4, 0.5) is 4.39 Å². The van der Waals surface area contributed by atoms with Crippen LogP contribution in [0.5, 0.6) is 0 Å². The van der Waals surface area contributed by atoms with Crippen molar-refractivity contribution in [3.05, 3.63) is 53.1 Å². The van der Waals surface area contributed by atoms with Crippen LogP contribution in [0.1, 0.15) is 49.4 Å². The molecular weight excluding hydrogens is 317 g/mol. The largest absolute Gasteiger partial charge is 0.385 e. The number of piperidine rings is 1. The fourth-order valence-electron chi connectivity index (χ4n) is 4.74. The number of fused-ring (bicyclic) bond motifs is 2. The second kappa shape index (κ2) is 6.22. The molecular formula is C20H26FN3O. The second-order valence-electron chi connectivity index (χ2n) is 7.58. The molecule has 2 aromatic rings. The highest BCUT2D eigenvalue weighted by Crippen LogP contribution is 2.46. The molecule has 2 saturated heterocycles. The van der Waals surface area contributed by atoms with Gasteiger partial charge in [-0.15, -0.1) is 0 Å². The maximum absolute atomic E-state index is 13.6. The SMILES string of the molecule is CCn1ncc(CN2C3CCC2CC(O)(c2cccc(F)c2)C3)c1C. The third-order valence-corrected chi connectivity index (χ3v) is 6.14. The van der Waals surface area contributed by atoms with E-state index in [-0.39, 0.29) is 5.82 Å². The minimum absolute atomic E-state index is 0.275. The molecule has 3 heterocycles. The van der Waals surface area contributed by atoms with Gasteiger partial charge < -0.3 is 5.11 Å². The van der Waals surface area contributed by atoms with Crippen molar-refractivity contribution in [2.24, 2.45) is 0 Å². The Kier molecular flexibility index (Phi) is 4.16. The van der Waals surface area contributed by atoms with Crippen LogP contribution in [0.25, 0.3) is 0 Å². The quantitative estimate of drug-likeness (QED) is 0.925. The monoisotopic (exact) mass is 343 g/mol. The van der Waals surface area contributed by atoms with E-state index in [1.807, 2.05) is 16.9 Å². The third-order valence-electron chi connectivity index (χ3n) is 6.14. The van der Waals surface area contributed by atoms with E-state index in [1.165, 1.54) is 23.4 Å². The van der Waals surface area contributed by atoms with Crippen molar-refractivity contribution in [1.29, 1.82) is 0 Å². The van der Waals surface area contributed by atoms with E-state index in [2.05, 4.69) is 23.8 Å². The maximum atomic E-state index is 13.6. The summed E-state index contributed by atoms with van der Waals surface area (Å²) in [5.74, 6) is -0.275. The van der Waals surface area contributed by atoms with E-state index in [1.54, 1.807) is 6.07 Å². The molecule has 0 spiro atoms. The van der Waals surface area contributed by atoms with Crippen LogP contribution < -0.4 is 0 Å². The number of hydrogen-bond donors (Lipinski definition) is 1. The van der Waals surface area contributed by atoms with E-state index < -0.39 is 5.60 Å². The second-order valence-corrected chi connectivity index (χ2v) is 7.58. The molecule has 4 nitrogen and oxygen atoms in total. The van der Waals surface area contributed by atoms with Crippen molar-refractivity contribution in [1.82, 2.24) is 14.7 Å². The van der Waals surface area contributed by atoms with Crippen molar-refractivity contribution in [3.63, 3.8) is 0 Å². The first kappa shape index (κ1) is 16.7. The molecule has 5 heteroatoms. The fourth-order valence-corrected chi connectivity index (χ4v) is 4.74. The minimum atomic E-state index is -0.910. The van der Waals surface area contributed by atoms with E-state index in [4.69, 9.17) is 0 Å². The van der Waals surface area contributed by atoms with E-state index in [0.717, 1.165) is 31.5 Å². The van der Waals surface area contributed by atoms with Crippen LogP contribution in [-0.2, 0) is 18.7 Å². The van der Waals surface area contributed by atoms with E-state index in [9.17, 15) is 9.50 Å². The predicted molar refractivity (Wildman–Crippen MR) is 94.5 cm³/mol. The Morgan fingerprint density at radius 1 is 1.28 bits per heavy atom. The summed E-state index contributed by atoms with van der Waals surface area (Å²) < 4.78 is 15.6. The fraction of sp³-hybridized carbons (Fsp3) is 0.550. The zero-order valence-electron chi connectivity index (χ0n) is 15.0. The zero-order chi connectivity index (χ0) is 17.6. The summed E-state index contributed by atoms with van der Waals surface area (Å²) in [6.45, 7) is 6.01. The van der Waals surface area contributed by atoms with Gasteiger partial charge in [0.25, 0.3) is 0 Å². The number of aromatic nitrogens is 2. The van der Waals surface area contributed by atoms with Gasteiger partial charge in [-0.3, -0.25) is 9.58 Å². The number of aliphatic hydroxyl groups is 1. The lowest BCUT2D eigenvalue weighted by Crippen LogP contribution is -2.49. The molecule has 1 aromatic carbocycles. The highest BCUT2D eigenvalue weighted by atomic mass is 19.1. The van der Waals surface area contributed by atoms with E-state index >= 15 is 0 Å². The van der Waals surface area contributed by atoms with Crippen molar-refractivity contribution >= 4 is 0 Å². The van der Waals surface area contributed by atoms with Crippen molar-refractivity contribution in [2.75, 3.05) is 0 Å². The average molecular weight is 343 g/mol. The first-order chi connectivity index (χ1) is 12.0. The highest BCUT2D eigenvalue weighted by Gasteiger charge is 2.48. The summed E-state index contributed by atoms with van der Waals surface area (Å²) in [5, 5.41) is 15.7. The predicted octanol–water partition coefficient (Wildman–Crippen LogP) is 3.37. The van der Waals surface area contributed by atoms with Crippen molar-refractivity contribution in [3.8, 4) is 0 Å². The Bertz CT molecular complexity index is 758. The zero-order valence-corrected chi connectivity index (χ0v) is 15.0. The molecule has 1 aromatic heterocycles. The normalized spacial score (nSPS) is 29.3. The Balaban J connectivity index is 1.55. The van der Waals surface area contributed by atoms with Gasteiger partial charge in [-0.1, -0.05) is 12.1 Å². The van der Waals surface area contributed by atoms with E-state index in [0.29, 0.717) is 24.9 Å². The molecule has 2 atom stereocenters. The van der Waals surface area contributed by atoms with Crippen LogP contribution >= 0.6 is 0 Å². The molecule has 1 N–H and O–H groups in total. The summed E-state index contributed by atoms with van der Waals surface area (Å²) in [7, 11) is 0. The Labute approximate surface area is 148 Å². The summed E-state index contributed by atoms with van der Waals surface area (Å²) in [4.78, 5) is 2.53. The summed E-state index contributed by atoms with van der Waals surface area (Å²) in [6, 6.07) is 7.16. The van der Waals surface area contributed by atoms with Crippen LogP contribution in [-0.4, -0.2) is 31.9 Å². The van der Waals surface area contributed by atoms with Gasteiger partial charge in [0.15, 0.2) is 0 Å². The van der Waals surface area contributed by atoms with Crippen LogP contribution in [0.2, 0.25) is 0 Å². The van der Waals surface area contributed by atoms with Gasteiger partial charge in [0, 0.05) is 36.4 Å². The van der Waals surface area contributed by atoms with Crippen molar-refractivity contribution < 1.29 is 9.50 Å². The number of rotatable bonds is 4. The lowest BCUT2D eigenvalue weighted by molar-refractivity contribution is -0.0597. The van der Waals surface area contributed by atoms with Gasteiger partial charge in [-0.25, -0.2) is 4.39 Å². The smallest absolute Gasteiger partial charge is 0.123 e. The maximum Gasteiger partial charge on any atom is 0.123 e. The molecule has 0 aliphatic carbocycles. The van der Waals surface area contributed by atoms with Gasteiger partial charge in [-0.05, 0) is 57.2 Å². The molecule has 2 fully saturated rings. The van der Waals surface area contributed by atoms with Gasteiger partial charge in [0.1, 0.15) is 5.82 Å². The van der Waals surface area contributed by atoms with Gasteiger partial charge in [-0.2, -0.15) is 5.10 Å². The highest BCUT2D eigenvalue weighted by molar-refractivity contribution is 5.26. The first-order valence-corrected chi connectivity index (χ1v) is 9.25. The molecule has 0 radical (unpaired) electrons. The van der Waals surface area contributed by atoms with Gasteiger partial charge >= 0.3 is 0 Å². The third kappa shape index (κ3) is 2.89. The lowest BCUT2D eigenvalue weighted by atomic mass is 9.80. The summed E-state index contributed by atoms with van der Waals surface area (Å²) in [6.07, 6.45) is 5.53. The number of hydrogen-bond acceptors (Lipinski definition) is 3. The molecule has 134 valence electrons.